The zero-order chi connectivity index (χ0) is 23.5. The number of pyridine rings is 1. The standard InChI is InChI=1S/C26H29N3O4S/c1-34(30,31)26-11-6-22(16-27-26)21-4-9-24(10-5-21)33-25-18-28(19-25)17-20-2-7-23(8-3-20)29-12-14-32-15-13-29/h2-11,16,25H,12-15,17-19H2,1H3. The zero-order valence-corrected chi connectivity index (χ0v) is 20.1. The molecule has 0 saturated carbocycles. The molecule has 0 radical (unpaired) electrons. The number of ether oxygens (including phenoxy) is 2. The van der Waals surface area contributed by atoms with E-state index in [1.165, 1.54) is 17.3 Å². The second kappa shape index (κ2) is 9.74. The Kier molecular flexibility index (Phi) is 6.54. The van der Waals surface area contributed by atoms with Crippen LogP contribution in [-0.4, -0.2) is 70.1 Å². The largest absolute Gasteiger partial charge is 0.488 e. The molecule has 2 aliphatic rings. The van der Waals surface area contributed by atoms with Crippen LogP contribution in [0.4, 0.5) is 5.69 Å². The van der Waals surface area contributed by atoms with Gasteiger partial charge in [-0.15, -0.1) is 0 Å². The summed E-state index contributed by atoms with van der Waals surface area (Å²) in [6, 6.07) is 20.0. The third-order valence-electron chi connectivity index (χ3n) is 6.25. The molecule has 0 spiro atoms. The van der Waals surface area contributed by atoms with Gasteiger partial charge in [-0.3, -0.25) is 4.90 Å². The molecule has 2 saturated heterocycles. The molecule has 0 atom stereocenters. The van der Waals surface area contributed by atoms with E-state index in [1.54, 1.807) is 12.3 Å². The summed E-state index contributed by atoms with van der Waals surface area (Å²) in [6.45, 7) is 6.26. The van der Waals surface area contributed by atoms with Gasteiger partial charge in [-0.1, -0.05) is 24.3 Å². The first-order chi connectivity index (χ1) is 16.4. The number of morpholine rings is 1. The lowest BCUT2D eigenvalue weighted by Gasteiger charge is -2.39. The van der Waals surface area contributed by atoms with E-state index >= 15 is 0 Å². The van der Waals surface area contributed by atoms with Crippen molar-refractivity contribution in [1.29, 1.82) is 0 Å². The molecule has 0 bridgehead atoms. The van der Waals surface area contributed by atoms with Gasteiger partial charge in [-0.25, -0.2) is 13.4 Å². The molecular formula is C26H29N3O4S. The third kappa shape index (κ3) is 5.41. The molecule has 2 fully saturated rings. The van der Waals surface area contributed by atoms with Crippen LogP contribution >= 0.6 is 0 Å². The van der Waals surface area contributed by atoms with E-state index in [4.69, 9.17) is 9.47 Å². The van der Waals surface area contributed by atoms with Gasteiger partial charge in [0.1, 0.15) is 11.9 Å². The molecule has 1 aromatic heterocycles. The van der Waals surface area contributed by atoms with Crippen molar-refractivity contribution < 1.29 is 17.9 Å². The average Bonchev–Trinajstić information content (AvgIpc) is 2.84. The molecule has 2 aromatic carbocycles. The van der Waals surface area contributed by atoms with Gasteiger partial charge in [0.15, 0.2) is 14.9 Å². The van der Waals surface area contributed by atoms with Gasteiger partial charge >= 0.3 is 0 Å². The maximum absolute atomic E-state index is 11.6. The van der Waals surface area contributed by atoms with Crippen molar-refractivity contribution in [3.05, 3.63) is 72.4 Å². The van der Waals surface area contributed by atoms with Crippen LogP contribution in [0.25, 0.3) is 11.1 Å². The highest BCUT2D eigenvalue weighted by atomic mass is 32.2. The number of nitrogens with zero attached hydrogens (tertiary/aromatic N) is 3. The predicted molar refractivity (Wildman–Crippen MR) is 132 cm³/mol. The smallest absolute Gasteiger partial charge is 0.192 e. The topological polar surface area (TPSA) is 72.0 Å². The van der Waals surface area contributed by atoms with Crippen molar-refractivity contribution in [2.75, 3.05) is 50.5 Å². The summed E-state index contributed by atoms with van der Waals surface area (Å²) in [5, 5.41) is 0.0822. The fourth-order valence-electron chi connectivity index (χ4n) is 4.31. The Morgan fingerprint density at radius 2 is 1.62 bits per heavy atom. The quantitative estimate of drug-likeness (QED) is 0.515. The van der Waals surface area contributed by atoms with E-state index in [-0.39, 0.29) is 11.1 Å². The van der Waals surface area contributed by atoms with Crippen molar-refractivity contribution in [3.8, 4) is 16.9 Å². The lowest BCUT2D eigenvalue weighted by molar-refractivity contribution is 0.0146. The van der Waals surface area contributed by atoms with Crippen LogP contribution in [0.2, 0.25) is 0 Å². The molecule has 0 aliphatic carbocycles. The third-order valence-corrected chi connectivity index (χ3v) is 7.25. The monoisotopic (exact) mass is 479 g/mol. The fraction of sp³-hybridized carbons (Fsp3) is 0.346. The van der Waals surface area contributed by atoms with Crippen molar-refractivity contribution in [3.63, 3.8) is 0 Å². The minimum atomic E-state index is -3.29. The Balaban J connectivity index is 1.10. The van der Waals surface area contributed by atoms with Gasteiger partial charge < -0.3 is 14.4 Å². The van der Waals surface area contributed by atoms with Crippen LogP contribution in [-0.2, 0) is 21.1 Å². The predicted octanol–water partition coefficient (Wildman–Crippen LogP) is 3.25. The number of likely N-dealkylation sites (tertiary alicyclic amines) is 1. The summed E-state index contributed by atoms with van der Waals surface area (Å²) < 4.78 is 34.7. The minimum Gasteiger partial charge on any atom is -0.488 e. The Hall–Kier alpha value is -2.94. The van der Waals surface area contributed by atoms with Gasteiger partial charge in [0.05, 0.1) is 13.2 Å². The van der Waals surface area contributed by atoms with E-state index in [0.29, 0.717) is 0 Å². The normalized spacial score (nSPS) is 17.4. The molecule has 0 unspecified atom stereocenters. The van der Waals surface area contributed by atoms with Crippen LogP contribution in [0.15, 0.2) is 71.9 Å². The highest BCUT2D eigenvalue weighted by Gasteiger charge is 2.28. The number of hydrogen-bond donors (Lipinski definition) is 0. The average molecular weight is 480 g/mol. The second-order valence-corrected chi connectivity index (χ2v) is 10.8. The summed E-state index contributed by atoms with van der Waals surface area (Å²) in [6.07, 6.45) is 2.93. The first-order valence-electron chi connectivity index (χ1n) is 11.5. The van der Waals surface area contributed by atoms with Crippen LogP contribution in [0.3, 0.4) is 0 Å². The molecule has 7 nitrogen and oxygen atoms in total. The Morgan fingerprint density at radius 1 is 0.941 bits per heavy atom. The molecule has 34 heavy (non-hydrogen) atoms. The van der Waals surface area contributed by atoms with Gasteiger partial charge in [0.2, 0.25) is 0 Å². The highest BCUT2D eigenvalue weighted by Crippen LogP contribution is 2.25. The number of sulfone groups is 1. The van der Waals surface area contributed by atoms with Gasteiger partial charge in [0, 0.05) is 56.4 Å². The summed E-state index contributed by atoms with van der Waals surface area (Å²) >= 11 is 0. The fourth-order valence-corrected chi connectivity index (χ4v) is 4.87. The van der Waals surface area contributed by atoms with Crippen LogP contribution in [0.5, 0.6) is 5.75 Å². The lowest BCUT2D eigenvalue weighted by atomic mass is 10.1. The van der Waals surface area contributed by atoms with Crippen molar-refractivity contribution >= 4 is 15.5 Å². The molecule has 3 aromatic rings. The summed E-state index contributed by atoms with van der Waals surface area (Å²) in [7, 11) is -3.29. The van der Waals surface area contributed by atoms with E-state index in [9.17, 15) is 8.42 Å². The van der Waals surface area contributed by atoms with E-state index in [2.05, 4.69) is 39.0 Å². The van der Waals surface area contributed by atoms with Crippen LogP contribution < -0.4 is 9.64 Å². The molecule has 0 amide bonds. The van der Waals surface area contributed by atoms with Crippen molar-refractivity contribution in [2.24, 2.45) is 0 Å². The van der Waals surface area contributed by atoms with Gasteiger partial charge in [0.25, 0.3) is 0 Å². The number of anilines is 1. The molecule has 8 heteroatoms. The van der Waals surface area contributed by atoms with Gasteiger partial charge in [-0.05, 0) is 47.5 Å². The SMILES string of the molecule is CS(=O)(=O)c1ccc(-c2ccc(OC3CN(Cc4ccc(N5CCOCC5)cc4)C3)cc2)cn1. The maximum atomic E-state index is 11.6. The molecule has 3 heterocycles. The Morgan fingerprint density at radius 3 is 2.24 bits per heavy atom. The number of aromatic nitrogens is 1. The number of hydrogen-bond acceptors (Lipinski definition) is 7. The maximum Gasteiger partial charge on any atom is 0.192 e. The molecule has 0 N–H and O–H groups in total. The van der Waals surface area contributed by atoms with E-state index in [0.717, 1.165) is 69.1 Å². The number of benzene rings is 2. The van der Waals surface area contributed by atoms with Crippen LogP contribution in [0, 0.1) is 0 Å². The molecule has 178 valence electrons. The zero-order valence-electron chi connectivity index (χ0n) is 19.3. The Labute approximate surface area is 200 Å². The highest BCUT2D eigenvalue weighted by molar-refractivity contribution is 7.90. The Bertz CT molecular complexity index is 1200. The summed E-state index contributed by atoms with van der Waals surface area (Å²) in [5.74, 6) is 0.837. The first-order valence-corrected chi connectivity index (χ1v) is 13.4. The van der Waals surface area contributed by atoms with Crippen molar-refractivity contribution in [2.45, 2.75) is 17.7 Å². The van der Waals surface area contributed by atoms with E-state index in [1.807, 2.05) is 24.3 Å². The first kappa shape index (κ1) is 22.8. The van der Waals surface area contributed by atoms with Crippen LogP contribution in [0.1, 0.15) is 5.56 Å². The summed E-state index contributed by atoms with van der Waals surface area (Å²) in [5.41, 5.74) is 4.42. The lowest BCUT2D eigenvalue weighted by Crippen LogP contribution is -2.53. The van der Waals surface area contributed by atoms with Gasteiger partial charge in [-0.2, -0.15) is 0 Å². The minimum absolute atomic E-state index is 0.0822. The molecular weight excluding hydrogens is 450 g/mol. The van der Waals surface area contributed by atoms with Crippen molar-refractivity contribution in [1.82, 2.24) is 9.88 Å². The second-order valence-electron chi connectivity index (χ2n) is 8.88. The molecule has 2 aliphatic heterocycles. The van der Waals surface area contributed by atoms with E-state index < -0.39 is 9.84 Å². The molecule has 5 rings (SSSR count). The number of rotatable bonds is 7. The summed E-state index contributed by atoms with van der Waals surface area (Å²) in [4.78, 5) is 8.81.